The molecule has 1 fully saturated rings. The van der Waals surface area contributed by atoms with E-state index in [9.17, 15) is 22.8 Å². The Morgan fingerprint density at radius 1 is 1.30 bits per heavy atom. The molecule has 0 aliphatic heterocycles. The van der Waals surface area contributed by atoms with Crippen LogP contribution in [0.5, 0.6) is 0 Å². The lowest BCUT2D eigenvalue weighted by atomic mass is 10.1. The van der Waals surface area contributed by atoms with E-state index < -0.39 is 29.0 Å². The van der Waals surface area contributed by atoms with Gasteiger partial charge in [-0.3, -0.25) is 9.59 Å². The minimum absolute atomic E-state index is 0.0902. The molecule has 8 heteroatoms. The fourth-order valence-electron chi connectivity index (χ4n) is 1.70. The molecule has 1 amide bonds. The number of rotatable bonds is 3. The van der Waals surface area contributed by atoms with E-state index in [0.717, 1.165) is 12.1 Å². The molecule has 0 aromatic heterocycles. The molecule has 1 aliphatic rings. The number of carboxylic acids is 1. The Morgan fingerprint density at radius 3 is 2.35 bits per heavy atom. The van der Waals surface area contributed by atoms with Crippen LogP contribution in [0.4, 0.5) is 18.9 Å². The molecule has 1 saturated carbocycles. The average molecular weight is 308 g/mol. The van der Waals surface area contributed by atoms with E-state index in [0.29, 0.717) is 6.07 Å². The number of carbonyl (C=O) groups is 2. The molecule has 108 valence electrons. The molecule has 4 nitrogen and oxygen atoms in total. The SMILES string of the molecule is O=C(O)C1(C(=O)Nc2cc(C(F)(F)F)ccc2Cl)CC1. The number of hydrogen-bond acceptors (Lipinski definition) is 2. The van der Waals surface area contributed by atoms with Crippen molar-refractivity contribution in [3.05, 3.63) is 28.8 Å². The zero-order chi connectivity index (χ0) is 15.1. The topological polar surface area (TPSA) is 66.4 Å². The van der Waals surface area contributed by atoms with Crippen molar-refractivity contribution in [2.24, 2.45) is 5.41 Å². The Morgan fingerprint density at radius 2 is 1.90 bits per heavy atom. The van der Waals surface area contributed by atoms with Crippen LogP contribution in [0.1, 0.15) is 18.4 Å². The zero-order valence-corrected chi connectivity index (χ0v) is 10.7. The maximum atomic E-state index is 12.6. The number of carboxylic acid groups (broad SMARTS) is 1. The van der Waals surface area contributed by atoms with Crippen LogP contribution in [0, 0.1) is 5.41 Å². The van der Waals surface area contributed by atoms with Gasteiger partial charge in [0, 0.05) is 0 Å². The second-order valence-electron chi connectivity index (χ2n) is 4.53. The third-order valence-corrected chi connectivity index (χ3v) is 3.47. The summed E-state index contributed by atoms with van der Waals surface area (Å²) in [7, 11) is 0. The third kappa shape index (κ3) is 2.58. The Labute approximate surface area is 116 Å². The van der Waals surface area contributed by atoms with Gasteiger partial charge < -0.3 is 10.4 Å². The number of benzene rings is 1. The molecule has 2 N–H and O–H groups in total. The first-order valence-electron chi connectivity index (χ1n) is 5.58. The first-order chi connectivity index (χ1) is 9.17. The summed E-state index contributed by atoms with van der Waals surface area (Å²) in [5.74, 6) is -2.15. The van der Waals surface area contributed by atoms with E-state index in [1.54, 1.807) is 0 Å². The third-order valence-electron chi connectivity index (χ3n) is 3.14. The molecule has 0 atom stereocenters. The van der Waals surface area contributed by atoms with E-state index >= 15 is 0 Å². The van der Waals surface area contributed by atoms with E-state index in [1.165, 1.54) is 0 Å². The minimum Gasteiger partial charge on any atom is -0.480 e. The monoisotopic (exact) mass is 307 g/mol. The average Bonchev–Trinajstić information content (AvgIpc) is 3.11. The summed E-state index contributed by atoms with van der Waals surface area (Å²) in [4.78, 5) is 22.8. The van der Waals surface area contributed by atoms with Crippen LogP contribution in [0.2, 0.25) is 5.02 Å². The maximum Gasteiger partial charge on any atom is 0.416 e. The number of amides is 1. The van der Waals surface area contributed by atoms with Crippen molar-refractivity contribution in [3.8, 4) is 0 Å². The fourth-order valence-corrected chi connectivity index (χ4v) is 1.87. The second-order valence-corrected chi connectivity index (χ2v) is 4.94. The Bertz CT molecular complexity index is 582. The Balaban J connectivity index is 2.26. The summed E-state index contributed by atoms with van der Waals surface area (Å²) in [6, 6.07) is 2.46. The van der Waals surface area contributed by atoms with Crippen LogP contribution in [0.3, 0.4) is 0 Å². The molecular formula is C12H9ClF3NO3. The highest BCUT2D eigenvalue weighted by molar-refractivity contribution is 6.34. The summed E-state index contributed by atoms with van der Waals surface area (Å²) in [6.45, 7) is 0. The molecule has 0 heterocycles. The molecular weight excluding hydrogens is 299 g/mol. The molecule has 2 rings (SSSR count). The number of alkyl halides is 3. The number of carbonyl (C=O) groups excluding carboxylic acids is 1. The standard InChI is InChI=1S/C12H9ClF3NO3/c13-7-2-1-6(12(14,15)16)5-8(7)17-9(18)11(3-4-11)10(19)20/h1-2,5H,3-4H2,(H,17,18)(H,19,20). The van der Waals surface area contributed by atoms with Gasteiger partial charge in [0.25, 0.3) is 0 Å². The molecule has 0 radical (unpaired) electrons. The van der Waals surface area contributed by atoms with Crippen molar-refractivity contribution in [2.75, 3.05) is 5.32 Å². The highest BCUT2D eigenvalue weighted by Gasteiger charge is 2.57. The highest BCUT2D eigenvalue weighted by Crippen LogP contribution is 2.47. The number of nitrogens with one attached hydrogen (secondary N) is 1. The molecule has 0 unspecified atom stereocenters. The van der Waals surface area contributed by atoms with Gasteiger partial charge in [0.2, 0.25) is 5.91 Å². The number of anilines is 1. The van der Waals surface area contributed by atoms with Crippen LogP contribution in [-0.2, 0) is 15.8 Å². The van der Waals surface area contributed by atoms with E-state index in [1.807, 2.05) is 0 Å². The maximum absolute atomic E-state index is 12.6. The predicted molar refractivity (Wildman–Crippen MR) is 64.4 cm³/mol. The van der Waals surface area contributed by atoms with Gasteiger partial charge in [-0.1, -0.05) is 11.6 Å². The molecule has 0 spiro atoms. The number of hydrogen-bond donors (Lipinski definition) is 2. The molecule has 1 aromatic rings. The van der Waals surface area contributed by atoms with Crippen LogP contribution < -0.4 is 5.32 Å². The van der Waals surface area contributed by atoms with Gasteiger partial charge in [-0.25, -0.2) is 0 Å². The Hall–Kier alpha value is -1.76. The van der Waals surface area contributed by atoms with Gasteiger partial charge in [0.15, 0.2) is 0 Å². The van der Waals surface area contributed by atoms with Crippen molar-refractivity contribution in [3.63, 3.8) is 0 Å². The molecule has 0 bridgehead atoms. The molecule has 20 heavy (non-hydrogen) atoms. The predicted octanol–water partition coefficient (Wildman–Crippen LogP) is 3.16. The number of halogens is 4. The summed E-state index contributed by atoms with van der Waals surface area (Å²) in [5, 5.41) is 11.0. The quantitative estimate of drug-likeness (QED) is 0.843. The van der Waals surface area contributed by atoms with Crippen molar-refractivity contribution in [2.45, 2.75) is 19.0 Å². The first-order valence-corrected chi connectivity index (χ1v) is 5.96. The van der Waals surface area contributed by atoms with Crippen molar-refractivity contribution in [1.82, 2.24) is 0 Å². The van der Waals surface area contributed by atoms with Crippen LogP contribution >= 0.6 is 11.6 Å². The minimum atomic E-state index is -4.58. The van der Waals surface area contributed by atoms with Crippen molar-refractivity contribution < 1.29 is 27.9 Å². The molecule has 1 aromatic carbocycles. The van der Waals surface area contributed by atoms with E-state index in [2.05, 4.69) is 5.32 Å². The van der Waals surface area contributed by atoms with Gasteiger partial charge in [0.1, 0.15) is 5.41 Å². The van der Waals surface area contributed by atoms with E-state index in [-0.39, 0.29) is 23.6 Å². The number of aliphatic carboxylic acids is 1. The summed E-state index contributed by atoms with van der Waals surface area (Å²) >= 11 is 5.71. The Kier molecular flexibility index (Phi) is 3.41. The van der Waals surface area contributed by atoms with Gasteiger partial charge >= 0.3 is 12.1 Å². The molecule has 1 aliphatic carbocycles. The molecule has 0 saturated heterocycles. The zero-order valence-electron chi connectivity index (χ0n) is 9.92. The van der Waals surface area contributed by atoms with Gasteiger partial charge in [-0.05, 0) is 31.0 Å². The van der Waals surface area contributed by atoms with E-state index in [4.69, 9.17) is 16.7 Å². The lowest BCUT2D eigenvalue weighted by Gasteiger charge is -2.14. The first kappa shape index (κ1) is 14.6. The lowest BCUT2D eigenvalue weighted by Crippen LogP contribution is -2.31. The highest BCUT2D eigenvalue weighted by atomic mass is 35.5. The van der Waals surface area contributed by atoms with Gasteiger partial charge in [-0.15, -0.1) is 0 Å². The van der Waals surface area contributed by atoms with Gasteiger partial charge in [-0.2, -0.15) is 13.2 Å². The van der Waals surface area contributed by atoms with Crippen LogP contribution in [0.15, 0.2) is 18.2 Å². The second kappa shape index (κ2) is 4.66. The smallest absolute Gasteiger partial charge is 0.416 e. The summed E-state index contributed by atoms with van der Waals surface area (Å²) in [5.41, 5.74) is -2.77. The van der Waals surface area contributed by atoms with Crippen LogP contribution in [-0.4, -0.2) is 17.0 Å². The fraction of sp³-hybridized carbons (Fsp3) is 0.333. The normalized spacial score (nSPS) is 16.6. The summed E-state index contributed by atoms with van der Waals surface area (Å²) in [6.07, 6.45) is -4.26. The summed E-state index contributed by atoms with van der Waals surface area (Å²) < 4.78 is 37.7. The van der Waals surface area contributed by atoms with Gasteiger partial charge in [0.05, 0.1) is 16.3 Å². The largest absolute Gasteiger partial charge is 0.480 e. The van der Waals surface area contributed by atoms with Crippen LogP contribution in [0.25, 0.3) is 0 Å². The van der Waals surface area contributed by atoms with Crippen molar-refractivity contribution in [1.29, 1.82) is 0 Å². The lowest BCUT2D eigenvalue weighted by molar-refractivity contribution is -0.147. The van der Waals surface area contributed by atoms with Crippen molar-refractivity contribution >= 4 is 29.2 Å².